The van der Waals surface area contributed by atoms with Crippen molar-refractivity contribution in [2.24, 2.45) is 22.7 Å². The number of rotatable bonds is 5. The predicted octanol–water partition coefficient (Wildman–Crippen LogP) is 1.19. The molecule has 2 unspecified atom stereocenters. The summed E-state index contributed by atoms with van der Waals surface area (Å²) in [5, 5.41) is 2.78. The van der Waals surface area contributed by atoms with E-state index in [1.165, 1.54) is 6.42 Å². The van der Waals surface area contributed by atoms with Crippen LogP contribution in [0.2, 0.25) is 0 Å². The zero-order valence-corrected chi connectivity index (χ0v) is 18.8. The molecule has 7 heteroatoms. The summed E-state index contributed by atoms with van der Waals surface area (Å²) >= 11 is 0. The zero-order valence-electron chi connectivity index (χ0n) is 18.8. The molecule has 1 aliphatic carbocycles. The quantitative estimate of drug-likeness (QED) is 0.744. The molecule has 0 radical (unpaired) electrons. The lowest BCUT2D eigenvalue weighted by Crippen LogP contribution is -2.53. The van der Waals surface area contributed by atoms with Gasteiger partial charge in [0.05, 0.1) is 6.54 Å². The molecule has 3 amide bonds. The molecule has 3 aliphatic rings. The smallest absolute Gasteiger partial charge is 0.239 e. The van der Waals surface area contributed by atoms with Crippen LogP contribution in [0.1, 0.15) is 47.5 Å². The van der Waals surface area contributed by atoms with E-state index in [-0.39, 0.29) is 29.7 Å². The van der Waals surface area contributed by atoms with Gasteiger partial charge in [-0.25, -0.2) is 0 Å². The minimum Gasteiger partial charge on any atom is -0.353 e. The average Bonchev–Trinajstić information content (AvgIpc) is 3.36. The largest absolute Gasteiger partial charge is 0.353 e. The second kappa shape index (κ2) is 8.25. The lowest BCUT2D eigenvalue weighted by molar-refractivity contribution is -0.145. The van der Waals surface area contributed by atoms with Gasteiger partial charge in [-0.15, -0.1) is 0 Å². The highest BCUT2D eigenvalue weighted by Crippen LogP contribution is 2.47. The van der Waals surface area contributed by atoms with Crippen LogP contribution in [0, 0.1) is 22.7 Å². The van der Waals surface area contributed by atoms with Crippen LogP contribution in [0.25, 0.3) is 0 Å². The Kier molecular flexibility index (Phi) is 6.27. The second-order valence-electron chi connectivity index (χ2n) is 10.8. The molecule has 0 spiro atoms. The van der Waals surface area contributed by atoms with E-state index >= 15 is 0 Å². The van der Waals surface area contributed by atoms with E-state index in [9.17, 15) is 14.4 Å². The number of carbonyl (C=O) groups is 3. The highest BCUT2D eigenvalue weighted by atomic mass is 16.2. The van der Waals surface area contributed by atoms with Gasteiger partial charge < -0.3 is 15.1 Å². The fourth-order valence-corrected chi connectivity index (χ4v) is 4.71. The predicted molar refractivity (Wildman–Crippen MR) is 112 cm³/mol. The summed E-state index contributed by atoms with van der Waals surface area (Å²) in [6, 6.07) is 0. The van der Waals surface area contributed by atoms with Gasteiger partial charge in [0.25, 0.3) is 0 Å². The van der Waals surface area contributed by atoms with Crippen LogP contribution in [-0.2, 0) is 14.4 Å². The summed E-state index contributed by atoms with van der Waals surface area (Å²) < 4.78 is 0. The molecule has 0 aromatic carbocycles. The lowest BCUT2D eigenvalue weighted by Gasteiger charge is -2.38. The van der Waals surface area contributed by atoms with E-state index in [1.807, 2.05) is 39.5 Å². The molecular weight excluding hydrogens is 368 g/mol. The van der Waals surface area contributed by atoms with Crippen LogP contribution in [-0.4, -0.2) is 84.8 Å². The average molecular weight is 407 g/mol. The molecular formula is C22H38N4O3. The van der Waals surface area contributed by atoms with Crippen molar-refractivity contribution in [3.8, 4) is 0 Å². The van der Waals surface area contributed by atoms with E-state index in [1.54, 1.807) is 4.90 Å². The Labute approximate surface area is 175 Å². The van der Waals surface area contributed by atoms with Gasteiger partial charge in [0.15, 0.2) is 0 Å². The first-order valence-corrected chi connectivity index (χ1v) is 11.1. The van der Waals surface area contributed by atoms with Gasteiger partial charge in [-0.2, -0.15) is 0 Å². The fraction of sp³-hybridized carbons (Fsp3) is 0.864. The van der Waals surface area contributed by atoms with Crippen LogP contribution >= 0.6 is 0 Å². The Morgan fingerprint density at radius 3 is 2.17 bits per heavy atom. The van der Waals surface area contributed by atoms with Gasteiger partial charge in [0.2, 0.25) is 17.7 Å². The van der Waals surface area contributed by atoms with E-state index in [2.05, 4.69) is 10.2 Å². The summed E-state index contributed by atoms with van der Waals surface area (Å²) in [6.45, 7) is 15.9. The monoisotopic (exact) mass is 406 g/mol. The number of piperazine rings is 2. The minimum absolute atomic E-state index is 0.0613. The van der Waals surface area contributed by atoms with Gasteiger partial charge in [-0.05, 0) is 24.7 Å². The van der Waals surface area contributed by atoms with Crippen molar-refractivity contribution in [3.05, 3.63) is 0 Å². The normalized spacial score (nSPS) is 26.3. The van der Waals surface area contributed by atoms with Crippen molar-refractivity contribution in [1.82, 2.24) is 20.0 Å². The third-order valence-corrected chi connectivity index (χ3v) is 6.54. The van der Waals surface area contributed by atoms with Crippen molar-refractivity contribution in [2.75, 3.05) is 52.4 Å². The second-order valence-corrected chi connectivity index (χ2v) is 10.8. The number of nitrogens with zero attached hydrogens (tertiary/aromatic N) is 3. The van der Waals surface area contributed by atoms with Gasteiger partial charge in [-0.3, -0.25) is 19.3 Å². The lowest BCUT2D eigenvalue weighted by atomic mass is 9.84. The molecule has 2 atom stereocenters. The highest BCUT2D eigenvalue weighted by molar-refractivity contribution is 5.88. The number of nitrogens with one attached hydrogen (secondary N) is 1. The molecule has 29 heavy (non-hydrogen) atoms. The van der Waals surface area contributed by atoms with Crippen molar-refractivity contribution < 1.29 is 14.4 Å². The molecule has 3 rings (SSSR count). The summed E-state index contributed by atoms with van der Waals surface area (Å²) in [5.74, 6) is 1.52. The van der Waals surface area contributed by atoms with Crippen molar-refractivity contribution >= 4 is 17.7 Å². The summed E-state index contributed by atoms with van der Waals surface area (Å²) in [6.07, 6.45) is 2.06. The maximum atomic E-state index is 12.9. The third kappa shape index (κ3) is 5.50. The zero-order chi connectivity index (χ0) is 21.4. The third-order valence-electron chi connectivity index (χ3n) is 6.54. The van der Waals surface area contributed by atoms with Gasteiger partial charge >= 0.3 is 0 Å². The van der Waals surface area contributed by atoms with Crippen LogP contribution in [0.5, 0.6) is 0 Å². The van der Waals surface area contributed by atoms with E-state index in [4.69, 9.17) is 0 Å². The van der Waals surface area contributed by atoms with E-state index in [0.717, 1.165) is 39.1 Å². The first kappa shape index (κ1) is 22.1. The topological polar surface area (TPSA) is 73.0 Å². The SMILES string of the molecule is CC(C)(C)C(=O)N1CCN(CC2CC2CC(C)(C)C(=O)N2CCNC(=O)C2)CC1. The molecule has 2 saturated heterocycles. The van der Waals surface area contributed by atoms with Gasteiger partial charge in [0.1, 0.15) is 0 Å². The first-order valence-electron chi connectivity index (χ1n) is 11.1. The molecule has 7 nitrogen and oxygen atoms in total. The highest BCUT2D eigenvalue weighted by Gasteiger charge is 2.45. The summed E-state index contributed by atoms with van der Waals surface area (Å²) in [5.41, 5.74) is -0.730. The molecule has 0 aromatic rings. The van der Waals surface area contributed by atoms with Crippen LogP contribution in [0.3, 0.4) is 0 Å². The van der Waals surface area contributed by atoms with Gasteiger partial charge in [0, 0.05) is 56.6 Å². The maximum Gasteiger partial charge on any atom is 0.239 e. The van der Waals surface area contributed by atoms with Crippen molar-refractivity contribution in [2.45, 2.75) is 47.5 Å². The van der Waals surface area contributed by atoms with Gasteiger partial charge in [-0.1, -0.05) is 34.6 Å². The first-order chi connectivity index (χ1) is 13.5. The molecule has 1 N–H and O–H groups in total. The Hall–Kier alpha value is -1.63. The summed E-state index contributed by atoms with van der Waals surface area (Å²) in [4.78, 5) is 43.1. The van der Waals surface area contributed by atoms with Crippen LogP contribution in [0.4, 0.5) is 0 Å². The molecule has 164 valence electrons. The number of hydrogen-bond acceptors (Lipinski definition) is 4. The molecule has 2 aliphatic heterocycles. The molecule has 2 heterocycles. The Balaban J connectivity index is 1.42. The van der Waals surface area contributed by atoms with Crippen LogP contribution < -0.4 is 5.32 Å². The van der Waals surface area contributed by atoms with Crippen LogP contribution in [0.15, 0.2) is 0 Å². The fourth-order valence-electron chi connectivity index (χ4n) is 4.71. The molecule has 1 saturated carbocycles. The minimum atomic E-state index is -0.422. The van der Waals surface area contributed by atoms with Crippen molar-refractivity contribution in [3.63, 3.8) is 0 Å². The molecule has 0 aromatic heterocycles. The Morgan fingerprint density at radius 1 is 0.931 bits per heavy atom. The summed E-state index contributed by atoms with van der Waals surface area (Å²) in [7, 11) is 0. The number of hydrogen-bond donors (Lipinski definition) is 1. The maximum absolute atomic E-state index is 12.9. The van der Waals surface area contributed by atoms with E-state index in [0.29, 0.717) is 24.9 Å². The Morgan fingerprint density at radius 2 is 1.59 bits per heavy atom. The number of carbonyl (C=O) groups excluding carboxylic acids is 3. The number of amides is 3. The molecule has 3 fully saturated rings. The molecule has 0 bridgehead atoms. The van der Waals surface area contributed by atoms with E-state index < -0.39 is 5.41 Å². The standard InChI is InChI=1S/C22H38N4O3/c1-21(2,3)19(28)25-10-8-24(9-11-25)14-17-12-16(17)13-22(4,5)20(29)26-7-6-23-18(27)15-26/h16-17H,6-15H2,1-5H3,(H,23,27). The van der Waals surface area contributed by atoms with Crippen molar-refractivity contribution in [1.29, 1.82) is 0 Å². The Bertz CT molecular complexity index is 647.